The van der Waals surface area contributed by atoms with Crippen LogP contribution in [0.3, 0.4) is 0 Å². The second kappa shape index (κ2) is 13.2. The first-order chi connectivity index (χ1) is 22.8. The van der Waals surface area contributed by atoms with E-state index in [1.165, 1.54) is 11.3 Å². The van der Waals surface area contributed by atoms with Gasteiger partial charge in [0.1, 0.15) is 23.3 Å². The number of hydrogen-bond acceptors (Lipinski definition) is 10. The zero-order valence-electron chi connectivity index (χ0n) is 28.4. The van der Waals surface area contributed by atoms with Crippen molar-refractivity contribution in [3.63, 3.8) is 0 Å². The maximum Gasteiger partial charge on any atom is 0.324 e. The second-order valence-electron chi connectivity index (χ2n) is 14.3. The van der Waals surface area contributed by atoms with Gasteiger partial charge in [0.2, 0.25) is 11.8 Å². The molecule has 1 aliphatic carbocycles. The minimum Gasteiger partial charge on any atom is -0.457 e. The minimum atomic E-state index is -1.32. The van der Waals surface area contributed by atoms with Gasteiger partial charge in [-0.15, -0.1) is 11.3 Å². The van der Waals surface area contributed by atoms with Gasteiger partial charge in [0.25, 0.3) is 0 Å². The number of nitrogens with zero attached hydrogens (tertiary/aromatic N) is 3. The van der Waals surface area contributed by atoms with Gasteiger partial charge in [-0.25, -0.2) is 4.98 Å². The minimum absolute atomic E-state index is 0.308. The van der Waals surface area contributed by atoms with Crippen molar-refractivity contribution in [3.8, 4) is 0 Å². The summed E-state index contributed by atoms with van der Waals surface area (Å²) in [7, 11) is 0. The number of rotatable bonds is 9. The normalized spacial score (nSPS) is 25.1. The van der Waals surface area contributed by atoms with E-state index in [0.717, 1.165) is 22.2 Å². The number of fused-ring (bicyclic) bond motifs is 2. The molecule has 2 amide bonds. The molecule has 2 fully saturated rings. The number of likely N-dealkylation sites (N-methyl/N-ethyl adjacent to an activating group) is 2. The monoisotopic (exact) mass is 675 g/mol. The third-order valence-corrected chi connectivity index (χ3v) is 10.5. The standard InChI is InChI=1S/C36H45N5O6S/c1-7-40-18-35(3,4)46-33(44)29(40)27(31(42)38-22-14-16-26-25(17-22)37-20-48-26)28(30-34(45)47-36(5,6)19-41(30)8-2)32(43)39-24-15-13-21-11-9-10-12-23(21)24/h9-12,14,16-17,20,24,27-30H,7-8,13,15,18-19H2,1-6H3,(H,38,42)(H,39,43). The van der Waals surface area contributed by atoms with Crippen LogP contribution in [0.25, 0.3) is 10.2 Å². The molecular weight excluding hydrogens is 630 g/mol. The van der Waals surface area contributed by atoms with E-state index < -0.39 is 58.9 Å². The van der Waals surface area contributed by atoms with Crippen molar-refractivity contribution >= 4 is 51.0 Å². The fourth-order valence-electron chi connectivity index (χ4n) is 7.71. The van der Waals surface area contributed by atoms with Crippen molar-refractivity contribution in [3.05, 3.63) is 59.1 Å². The van der Waals surface area contributed by atoms with E-state index in [-0.39, 0.29) is 6.04 Å². The van der Waals surface area contributed by atoms with E-state index in [1.807, 2.05) is 81.7 Å². The number of carbonyl (C=O) groups excluding carboxylic acids is 4. The van der Waals surface area contributed by atoms with E-state index in [0.29, 0.717) is 43.8 Å². The highest BCUT2D eigenvalue weighted by molar-refractivity contribution is 7.16. The summed E-state index contributed by atoms with van der Waals surface area (Å²) < 4.78 is 12.8. The molecular formula is C36H45N5O6S. The number of esters is 2. The molecule has 3 aliphatic rings. The number of cyclic esters (lactones) is 2. The molecule has 5 unspecified atom stereocenters. The first-order valence-electron chi connectivity index (χ1n) is 16.8. The summed E-state index contributed by atoms with van der Waals surface area (Å²) in [5.41, 5.74) is 3.46. The van der Waals surface area contributed by atoms with Gasteiger partial charge in [0, 0.05) is 18.8 Å². The molecule has 12 heteroatoms. The van der Waals surface area contributed by atoms with Crippen LogP contribution >= 0.6 is 11.3 Å². The molecule has 3 heterocycles. The number of aromatic nitrogens is 1. The SMILES string of the molecule is CCN1CC(C)(C)OC(=O)C1C(C(=O)Nc1ccc2scnc2c1)C(C(=O)NC1CCc2ccccc21)C1C(=O)OC(C)(C)CN1CC. The van der Waals surface area contributed by atoms with Crippen molar-refractivity contribution in [1.29, 1.82) is 0 Å². The van der Waals surface area contributed by atoms with Gasteiger partial charge in [0.15, 0.2) is 0 Å². The number of anilines is 1. The Morgan fingerprint density at radius 2 is 1.52 bits per heavy atom. The lowest BCUT2D eigenvalue weighted by molar-refractivity contribution is -0.193. The Kier molecular flexibility index (Phi) is 9.36. The number of morpholine rings is 2. The largest absolute Gasteiger partial charge is 0.457 e. The lowest BCUT2D eigenvalue weighted by Gasteiger charge is -2.49. The smallest absolute Gasteiger partial charge is 0.324 e. The van der Waals surface area contributed by atoms with E-state index in [4.69, 9.17) is 9.47 Å². The van der Waals surface area contributed by atoms with Crippen LogP contribution in [-0.2, 0) is 35.1 Å². The summed E-state index contributed by atoms with van der Waals surface area (Å²) in [6.45, 7) is 12.7. The van der Waals surface area contributed by atoms with E-state index in [9.17, 15) is 19.2 Å². The number of ether oxygens (including phenoxy) is 2. The molecule has 2 aliphatic heterocycles. The second-order valence-corrected chi connectivity index (χ2v) is 15.1. The Morgan fingerprint density at radius 1 is 0.917 bits per heavy atom. The van der Waals surface area contributed by atoms with E-state index in [1.54, 1.807) is 17.6 Å². The molecule has 11 nitrogen and oxygen atoms in total. The molecule has 0 spiro atoms. The molecule has 256 valence electrons. The summed E-state index contributed by atoms with van der Waals surface area (Å²) >= 11 is 1.49. The Labute approximate surface area is 285 Å². The zero-order chi connectivity index (χ0) is 34.4. The molecule has 0 bridgehead atoms. The van der Waals surface area contributed by atoms with Gasteiger partial charge in [-0.3, -0.25) is 29.0 Å². The third kappa shape index (κ3) is 6.70. The maximum atomic E-state index is 14.9. The Balaban J connectivity index is 1.46. The van der Waals surface area contributed by atoms with Gasteiger partial charge in [-0.2, -0.15) is 0 Å². The summed E-state index contributed by atoms with van der Waals surface area (Å²) in [6.07, 6.45) is 1.48. The highest BCUT2D eigenvalue weighted by Crippen LogP contribution is 2.38. The highest BCUT2D eigenvalue weighted by atomic mass is 32.1. The van der Waals surface area contributed by atoms with Gasteiger partial charge in [0.05, 0.1) is 33.6 Å². The molecule has 3 aromatic rings. The first kappa shape index (κ1) is 34.0. The first-order valence-corrected chi connectivity index (χ1v) is 17.6. The molecule has 2 aromatic carbocycles. The molecule has 48 heavy (non-hydrogen) atoms. The van der Waals surface area contributed by atoms with Crippen LogP contribution < -0.4 is 10.6 Å². The molecule has 0 radical (unpaired) electrons. The predicted octanol–water partition coefficient (Wildman–Crippen LogP) is 4.32. The summed E-state index contributed by atoms with van der Waals surface area (Å²) in [4.78, 5) is 66.0. The van der Waals surface area contributed by atoms with Crippen molar-refractivity contribution < 1.29 is 28.7 Å². The lowest BCUT2D eigenvalue weighted by Crippen LogP contribution is -2.68. The third-order valence-electron chi connectivity index (χ3n) is 9.72. The van der Waals surface area contributed by atoms with Crippen LogP contribution in [0.4, 0.5) is 5.69 Å². The molecule has 5 atom stereocenters. The number of benzene rings is 2. The number of hydrogen-bond donors (Lipinski definition) is 2. The Bertz CT molecular complexity index is 1720. The number of nitrogens with one attached hydrogen (secondary N) is 2. The number of amides is 2. The number of carbonyl (C=O) groups is 4. The van der Waals surface area contributed by atoms with Crippen LogP contribution in [-0.4, -0.2) is 88.0 Å². The number of aryl methyl sites for hydroxylation is 1. The van der Waals surface area contributed by atoms with Crippen molar-refractivity contribution in [1.82, 2.24) is 20.1 Å². The predicted molar refractivity (Wildman–Crippen MR) is 183 cm³/mol. The van der Waals surface area contributed by atoms with Gasteiger partial charge in [-0.05, 0) is 83.0 Å². The molecule has 2 saturated heterocycles. The maximum absolute atomic E-state index is 14.9. The summed E-state index contributed by atoms with van der Waals surface area (Å²) in [5.74, 6) is -4.87. The molecule has 0 saturated carbocycles. The molecule has 2 N–H and O–H groups in total. The van der Waals surface area contributed by atoms with Crippen LogP contribution in [0.2, 0.25) is 0 Å². The van der Waals surface area contributed by atoms with Gasteiger partial charge in [-0.1, -0.05) is 38.1 Å². The van der Waals surface area contributed by atoms with Gasteiger partial charge >= 0.3 is 11.9 Å². The van der Waals surface area contributed by atoms with Crippen LogP contribution in [0.1, 0.15) is 65.1 Å². The fraction of sp³-hybridized carbons (Fsp3) is 0.528. The summed E-state index contributed by atoms with van der Waals surface area (Å²) in [6, 6.07) is 10.8. The van der Waals surface area contributed by atoms with Crippen LogP contribution in [0.15, 0.2) is 48.0 Å². The lowest BCUT2D eigenvalue weighted by atomic mass is 9.76. The average molecular weight is 676 g/mol. The number of thiazole rings is 1. The van der Waals surface area contributed by atoms with E-state index in [2.05, 4.69) is 15.6 Å². The topological polar surface area (TPSA) is 130 Å². The fourth-order valence-corrected chi connectivity index (χ4v) is 8.37. The van der Waals surface area contributed by atoms with Crippen LogP contribution in [0, 0.1) is 11.8 Å². The van der Waals surface area contributed by atoms with Crippen molar-refractivity contribution in [2.75, 3.05) is 31.5 Å². The van der Waals surface area contributed by atoms with E-state index >= 15 is 0 Å². The Hall–Kier alpha value is -3.87. The highest BCUT2D eigenvalue weighted by Gasteiger charge is 2.57. The van der Waals surface area contributed by atoms with Gasteiger partial charge < -0.3 is 20.1 Å². The Morgan fingerprint density at radius 3 is 2.15 bits per heavy atom. The zero-order valence-corrected chi connectivity index (χ0v) is 29.3. The quantitative estimate of drug-likeness (QED) is 0.319. The molecule has 1 aromatic heterocycles. The van der Waals surface area contributed by atoms with Crippen molar-refractivity contribution in [2.24, 2.45) is 11.8 Å². The average Bonchev–Trinajstić information content (AvgIpc) is 3.66. The summed E-state index contributed by atoms with van der Waals surface area (Å²) in [5, 5.41) is 6.20. The molecule has 6 rings (SSSR count). The van der Waals surface area contributed by atoms with Crippen molar-refractivity contribution in [2.45, 2.75) is 83.7 Å². The van der Waals surface area contributed by atoms with Crippen LogP contribution in [0.5, 0.6) is 0 Å².